The predicted molar refractivity (Wildman–Crippen MR) is 126 cm³/mol. The average Bonchev–Trinajstić information content (AvgIpc) is 3.09. The molecule has 0 bridgehead atoms. The molecule has 152 valence electrons. The number of benzene rings is 2. The zero-order valence-corrected chi connectivity index (χ0v) is 19.4. The second-order valence-electron chi connectivity index (χ2n) is 6.47. The Labute approximate surface area is 186 Å². The van der Waals surface area contributed by atoms with Crippen molar-refractivity contribution in [2.45, 2.75) is 42.7 Å². The summed E-state index contributed by atoms with van der Waals surface area (Å²) in [5.74, 6) is -0.0202. The highest BCUT2D eigenvalue weighted by Crippen LogP contribution is 2.34. The van der Waals surface area contributed by atoms with Gasteiger partial charge >= 0.3 is 0 Å². The molecule has 1 unspecified atom stereocenters. The molecule has 29 heavy (non-hydrogen) atoms. The van der Waals surface area contributed by atoms with Crippen LogP contribution in [-0.4, -0.2) is 22.0 Å². The van der Waals surface area contributed by atoms with Crippen molar-refractivity contribution in [3.8, 4) is 0 Å². The second kappa shape index (κ2) is 10.2. The minimum absolute atomic E-state index is 0.0154. The van der Waals surface area contributed by atoms with Gasteiger partial charge in [-0.2, -0.15) is 0 Å². The summed E-state index contributed by atoms with van der Waals surface area (Å²) in [6.07, 6.45) is 2.02. The minimum atomic E-state index is -0.233. The molecule has 1 heterocycles. The van der Waals surface area contributed by atoms with E-state index < -0.39 is 0 Å². The fourth-order valence-electron chi connectivity index (χ4n) is 2.68. The zero-order valence-electron chi connectivity index (χ0n) is 16.2. The molecule has 0 aliphatic heterocycles. The summed E-state index contributed by atoms with van der Waals surface area (Å²) in [7, 11) is 0. The van der Waals surface area contributed by atoms with Gasteiger partial charge in [-0.05, 0) is 55.3 Å². The highest BCUT2D eigenvalue weighted by Gasteiger charge is 2.20. The van der Waals surface area contributed by atoms with Crippen LogP contribution >= 0.6 is 39.0 Å². The van der Waals surface area contributed by atoms with Gasteiger partial charge in [0.05, 0.1) is 15.5 Å². The van der Waals surface area contributed by atoms with Gasteiger partial charge < -0.3 is 10.6 Å². The van der Waals surface area contributed by atoms with Crippen LogP contribution in [0.1, 0.15) is 33.1 Å². The maximum Gasteiger partial charge on any atom is 0.237 e. The number of aromatic nitrogens is 1. The van der Waals surface area contributed by atoms with Crippen molar-refractivity contribution in [3.63, 3.8) is 0 Å². The Hall–Kier alpha value is -1.90. The number of amides is 2. The van der Waals surface area contributed by atoms with Crippen molar-refractivity contribution in [1.29, 1.82) is 0 Å². The molecule has 2 N–H and O–H groups in total. The van der Waals surface area contributed by atoms with Crippen molar-refractivity contribution in [1.82, 2.24) is 4.98 Å². The van der Waals surface area contributed by atoms with Gasteiger partial charge in [0.15, 0.2) is 4.34 Å². The van der Waals surface area contributed by atoms with Gasteiger partial charge in [-0.15, -0.1) is 11.3 Å². The molecule has 0 spiro atoms. The first-order chi connectivity index (χ1) is 14.0. The van der Waals surface area contributed by atoms with Gasteiger partial charge in [0.2, 0.25) is 11.8 Å². The fraction of sp³-hybridized carbons (Fsp3) is 0.286. The molecule has 1 atom stereocenters. The molecule has 0 aliphatic rings. The monoisotopic (exact) mass is 491 g/mol. The lowest BCUT2D eigenvalue weighted by Gasteiger charge is -2.13. The molecule has 1 aromatic heterocycles. The van der Waals surface area contributed by atoms with Gasteiger partial charge in [0.1, 0.15) is 0 Å². The summed E-state index contributed by atoms with van der Waals surface area (Å²) in [4.78, 5) is 29.1. The van der Waals surface area contributed by atoms with E-state index in [0.29, 0.717) is 12.8 Å². The standard InChI is InChI=1S/C21H22BrN3O2S2/c1-3-5-19(26)23-15-10-11-16-18(12-15)29-21(25-16)28-17(4-2)20(27)24-14-8-6-13(22)7-9-14/h6-12,17H,3-5H2,1-2H3,(H,23,26)(H,24,27). The molecule has 3 aromatic rings. The van der Waals surface area contributed by atoms with E-state index >= 15 is 0 Å². The van der Waals surface area contributed by atoms with Gasteiger partial charge in [-0.3, -0.25) is 9.59 Å². The van der Waals surface area contributed by atoms with E-state index in [9.17, 15) is 9.59 Å². The van der Waals surface area contributed by atoms with E-state index in [0.717, 1.165) is 36.8 Å². The maximum atomic E-state index is 12.7. The molecular formula is C21H22BrN3O2S2. The summed E-state index contributed by atoms with van der Waals surface area (Å²) >= 11 is 6.40. The number of carbonyl (C=O) groups excluding carboxylic acids is 2. The molecule has 0 aliphatic carbocycles. The number of anilines is 2. The number of hydrogen-bond donors (Lipinski definition) is 2. The second-order valence-corrected chi connectivity index (χ2v) is 9.87. The summed E-state index contributed by atoms with van der Waals surface area (Å²) in [5, 5.41) is 5.64. The average molecular weight is 492 g/mol. The summed E-state index contributed by atoms with van der Waals surface area (Å²) in [6.45, 7) is 3.97. The SMILES string of the molecule is CCCC(=O)Nc1ccc2nc(SC(CC)C(=O)Nc3ccc(Br)cc3)sc2c1. The highest BCUT2D eigenvalue weighted by molar-refractivity contribution is 9.10. The van der Waals surface area contributed by atoms with Crippen LogP contribution in [0.5, 0.6) is 0 Å². The van der Waals surface area contributed by atoms with Crippen LogP contribution < -0.4 is 10.6 Å². The Morgan fingerprint density at radius 2 is 1.83 bits per heavy atom. The maximum absolute atomic E-state index is 12.7. The number of rotatable bonds is 8. The molecule has 2 aromatic carbocycles. The Morgan fingerprint density at radius 1 is 1.10 bits per heavy atom. The molecule has 8 heteroatoms. The Morgan fingerprint density at radius 3 is 2.52 bits per heavy atom. The summed E-state index contributed by atoms with van der Waals surface area (Å²) in [6, 6.07) is 13.2. The third-order valence-electron chi connectivity index (χ3n) is 4.15. The number of halogens is 1. The van der Waals surface area contributed by atoms with Crippen molar-refractivity contribution in [2.24, 2.45) is 0 Å². The van der Waals surface area contributed by atoms with Crippen molar-refractivity contribution in [2.75, 3.05) is 10.6 Å². The van der Waals surface area contributed by atoms with E-state index in [1.807, 2.05) is 56.3 Å². The van der Waals surface area contributed by atoms with Gasteiger partial charge in [0, 0.05) is 22.3 Å². The number of nitrogens with zero attached hydrogens (tertiary/aromatic N) is 1. The number of nitrogens with one attached hydrogen (secondary N) is 2. The topological polar surface area (TPSA) is 71.1 Å². The lowest BCUT2D eigenvalue weighted by molar-refractivity contribution is -0.116. The summed E-state index contributed by atoms with van der Waals surface area (Å²) < 4.78 is 2.80. The molecule has 0 saturated carbocycles. The number of thiazole rings is 1. The normalized spacial score (nSPS) is 12.0. The lowest BCUT2D eigenvalue weighted by atomic mass is 10.2. The van der Waals surface area contributed by atoms with E-state index in [1.165, 1.54) is 23.1 Å². The molecule has 0 radical (unpaired) electrons. The molecule has 0 fully saturated rings. The third-order valence-corrected chi connectivity index (χ3v) is 7.15. The smallest absolute Gasteiger partial charge is 0.237 e. The molecule has 2 amide bonds. The quantitative estimate of drug-likeness (QED) is 0.362. The Kier molecular flexibility index (Phi) is 7.69. The van der Waals surface area contributed by atoms with Crippen LogP contribution in [-0.2, 0) is 9.59 Å². The number of hydrogen-bond acceptors (Lipinski definition) is 5. The first-order valence-electron chi connectivity index (χ1n) is 9.42. The number of carbonyl (C=O) groups is 2. The number of fused-ring (bicyclic) bond motifs is 1. The van der Waals surface area contributed by atoms with E-state index in [4.69, 9.17) is 0 Å². The molecule has 3 rings (SSSR count). The highest BCUT2D eigenvalue weighted by atomic mass is 79.9. The third kappa shape index (κ3) is 6.04. The first kappa shape index (κ1) is 21.8. The van der Waals surface area contributed by atoms with E-state index in [1.54, 1.807) is 0 Å². The molecule has 0 saturated heterocycles. The number of thioether (sulfide) groups is 1. The van der Waals surface area contributed by atoms with Crippen LogP contribution in [0.25, 0.3) is 10.2 Å². The van der Waals surface area contributed by atoms with E-state index in [2.05, 4.69) is 31.5 Å². The summed E-state index contributed by atoms with van der Waals surface area (Å²) in [5.41, 5.74) is 2.42. The van der Waals surface area contributed by atoms with Crippen LogP contribution in [0.3, 0.4) is 0 Å². The molecule has 5 nitrogen and oxygen atoms in total. The van der Waals surface area contributed by atoms with Crippen molar-refractivity contribution >= 4 is 72.4 Å². The van der Waals surface area contributed by atoms with Gasteiger partial charge in [-0.1, -0.05) is 41.5 Å². The van der Waals surface area contributed by atoms with Crippen LogP contribution in [0.4, 0.5) is 11.4 Å². The van der Waals surface area contributed by atoms with Crippen LogP contribution in [0, 0.1) is 0 Å². The van der Waals surface area contributed by atoms with Crippen molar-refractivity contribution < 1.29 is 9.59 Å². The zero-order chi connectivity index (χ0) is 20.8. The Bertz CT molecular complexity index is 1000. The van der Waals surface area contributed by atoms with E-state index in [-0.39, 0.29) is 17.1 Å². The van der Waals surface area contributed by atoms with Gasteiger partial charge in [0.25, 0.3) is 0 Å². The fourth-order valence-corrected chi connectivity index (χ4v) is 5.22. The minimum Gasteiger partial charge on any atom is -0.326 e. The largest absolute Gasteiger partial charge is 0.326 e. The predicted octanol–water partition coefficient (Wildman–Crippen LogP) is 6.31. The van der Waals surface area contributed by atoms with Gasteiger partial charge in [-0.25, -0.2) is 4.98 Å². The van der Waals surface area contributed by atoms with Crippen LogP contribution in [0.2, 0.25) is 0 Å². The van der Waals surface area contributed by atoms with Crippen LogP contribution in [0.15, 0.2) is 51.3 Å². The lowest BCUT2D eigenvalue weighted by Crippen LogP contribution is -2.24. The molecular weight excluding hydrogens is 470 g/mol. The Balaban J connectivity index is 1.69. The van der Waals surface area contributed by atoms with Crippen molar-refractivity contribution in [3.05, 3.63) is 46.9 Å². The first-order valence-corrected chi connectivity index (χ1v) is 11.9.